The first-order chi connectivity index (χ1) is 13.1. The number of rotatable bonds is 1. The first-order valence-corrected chi connectivity index (χ1v) is 11.7. The second kappa shape index (κ2) is 6.90. The Morgan fingerprint density at radius 1 is 1.04 bits per heavy atom. The predicted octanol–water partition coefficient (Wildman–Crippen LogP) is 4.81. The van der Waals surface area contributed by atoms with Crippen molar-refractivity contribution < 1.29 is 9.53 Å². The molecule has 1 amide bonds. The molecule has 150 valence electrons. The number of ether oxygens (including phenoxy) is 1. The molecule has 3 saturated carbocycles. The maximum atomic E-state index is 13.2. The van der Waals surface area contributed by atoms with Crippen LogP contribution in [0, 0.1) is 35.0 Å². The van der Waals surface area contributed by atoms with Gasteiger partial charge in [0.1, 0.15) is 0 Å². The molecular formula is C24H37NO2. The number of morpholine rings is 1. The lowest BCUT2D eigenvalue weighted by molar-refractivity contribution is -0.131. The van der Waals surface area contributed by atoms with Crippen LogP contribution in [0.25, 0.3) is 0 Å². The van der Waals surface area contributed by atoms with Gasteiger partial charge in [0.05, 0.1) is 13.2 Å². The van der Waals surface area contributed by atoms with Crippen LogP contribution < -0.4 is 0 Å². The minimum absolute atomic E-state index is 0.333. The van der Waals surface area contributed by atoms with Crippen LogP contribution in [0.15, 0.2) is 11.1 Å². The molecule has 0 aromatic carbocycles. The van der Waals surface area contributed by atoms with E-state index >= 15 is 0 Å². The van der Waals surface area contributed by atoms with Crippen LogP contribution in [0.4, 0.5) is 0 Å². The molecule has 0 radical (unpaired) electrons. The first kappa shape index (κ1) is 18.2. The molecule has 1 aliphatic heterocycles. The standard InChI is InChI=1S/C24H37NO2/c1-16-18-8-9-22-19(7-6-17-5-3-4-10-24(17,22)2)21(18)15-20(16)23(26)25-11-13-27-14-12-25/h17-19,21-22H,3-15H2,1-2H3/t17-,18+,19+,21-,22+,24+/m1/s1. The Morgan fingerprint density at radius 3 is 2.67 bits per heavy atom. The van der Waals surface area contributed by atoms with Gasteiger partial charge in [-0.3, -0.25) is 4.79 Å². The van der Waals surface area contributed by atoms with Gasteiger partial charge in [-0.1, -0.05) is 25.3 Å². The minimum atomic E-state index is 0.333. The second-order valence-corrected chi connectivity index (χ2v) is 10.4. The molecule has 1 heterocycles. The monoisotopic (exact) mass is 371 g/mol. The number of allylic oxidation sites excluding steroid dienone is 1. The Hall–Kier alpha value is -0.830. The average Bonchev–Trinajstić information content (AvgIpc) is 3.04. The van der Waals surface area contributed by atoms with Crippen LogP contribution in [0.2, 0.25) is 0 Å². The van der Waals surface area contributed by atoms with Gasteiger partial charge in [0.25, 0.3) is 0 Å². The molecule has 6 atom stereocenters. The van der Waals surface area contributed by atoms with E-state index in [1.165, 1.54) is 62.5 Å². The van der Waals surface area contributed by atoms with Crippen LogP contribution in [-0.2, 0) is 9.53 Å². The van der Waals surface area contributed by atoms with Gasteiger partial charge in [-0.05, 0) is 86.9 Å². The molecule has 3 nitrogen and oxygen atoms in total. The molecule has 0 bridgehead atoms. The van der Waals surface area contributed by atoms with E-state index < -0.39 is 0 Å². The minimum Gasteiger partial charge on any atom is -0.378 e. The van der Waals surface area contributed by atoms with Crippen LogP contribution in [0.3, 0.4) is 0 Å². The molecule has 0 N–H and O–H groups in total. The molecule has 1 saturated heterocycles. The number of hydrogen-bond acceptors (Lipinski definition) is 2. The summed E-state index contributed by atoms with van der Waals surface area (Å²) in [6.45, 7) is 7.88. The fraction of sp³-hybridized carbons (Fsp3) is 0.875. The zero-order valence-corrected chi connectivity index (χ0v) is 17.3. The third-order valence-corrected chi connectivity index (χ3v) is 9.55. The maximum Gasteiger partial charge on any atom is 0.249 e. The quantitative estimate of drug-likeness (QED) is 0.662. The van der Waals surface area contributed by atoms with E-state index in [1.54, 1.807) is 0 Å². The van der Waals surface area contributed by atoms with Gasteiger partial charge in [0.15, 0.2) is 0 Å². The zero-order valence-electron chi connectivity index (χ0n) is 17.3. The molecule has 0 aromatic rings. The number of fused-ring (bicyclic) bond motifs is 5. The molecule has 0 unspecified atom stereocenters. The first-order valence-electron chi connectivity index (χ1n) is 11.7. The predicted molar refractivity (Wildman–Crippen MR) is 107 cm³/mol. The summed E-state index contributed by atoms with van der Waals surface area (Å²) < 4.78 is 5.46. The zero-order chi connectivity index (χ0) is 18.6. The van der Waals surface area contributed by atoms with E-state index in [1.807, 2.05) is 0 Å². The van der Waals surface area contributed by atoms with Gasteiger partial charge in [-0.2, -0.15) is 0 Å². The lowest BCUT2D eigenvalue weighted by Crippen LogP contribution is -2.50. The third kappa shape index (κ3) is 2.82. The number of carbonyl (C=O) groups excluding carboxylic acids is 1. The molecule has 5 rings (SSSR count). The Kier molecular flexibility index (Phi) is 4.65. The number of hydrogen-bond donors (Lipinski definition) is 0. The van der Waals surface area contributed by atoms with Crippen molar-refractivity contribution in [3.05, 3.63) is 11.1 Å². The highest BCUT2D eigenvalue weighted by atomic mass is 16.5. The summed E-state index contributed by atoms with van der Waals surface area (Å²) in [5.41, 5.74) is 3.23. The summed E-state index contributed by atoms with van der Waals surface area (Å²) in [5, 5.41) is 0. The summed E-state index contributed by atoms with van der Waals surface area (Å²) in [6.07, 6.45) is 12.5. The van der Waals surface area contributed by atoms with E-state index in [-0.39, 0.29) is 0 Å². The summed E-state index contributed by atoms with van der Waals surface area (Å²) in [7, 11) is 0. The number of amides is 1. The molecule has 3 heteroatoms. The fourth-order valence-electron chi connectivity index (χ4n) is 8.07. The largest absolute Gasteiger partial charge is 0.378 e. The summed E-state index contributed by atoms with van der Waals surface area (Å²) in [6, 6.07) is 0. The Morgan fingerprint density at radius 2 is 1.85 bits per heavy atom. The highest BCUT2D eigenvalue weighted by Crippen LogP contribution is 2.63. The van der Waals surface area contributed by atoms with Gasteiger partial charge in [-0.25, -0.2) is 0 Å². The Labute approximate surface area is 164 Å². The van der Waals surface area contributed by atoms with Crippen molar-refractivity contribution in [2.45, 2.75) is 71.6 Å². The van der Waals surface area contributed by atoms with Gasteiger partial charge < -0.3 is 9.64 Å². The van der Waals surface area contributed by atoms with Crippen molar-refractivity contribution in [3.8, 4) is 0 Å². The van der Waals surface area contributed by atoms with E-state index in [2.05, 4.69) is 18.7 Å². The van der Waals surface area contributed by atoms with E-state index in [0.29, 0.717) is 30.5 Å². The SMILES string of the molecule is CC1=C(C(=O)N2CCOCC2)C[C@H]2[C@@H]3CC[C@H]4CCCC[C@]4(C)[C@H]3CC[C@@H]12. The van der Waals surface area contributed by atoms with Gasteiger partial charge in [0, 0.05) is 18.7 Å². The molecule has 4 fully saturated rings. The van der Waals surface area contributed by atoms with E-state index in [9.17, 15) is 4.79 Å². The van der Waals surface area contributed by atoms with Crippen molar-refractivity contribution in [1.82, 2.24) is 4.90 Å². The summed E-state index contributed by atoms with van der Waals surface area (Å²) >= 11 is 0. The maximum absolute atomic E-state index is 13.2. The third-order valence-electron chi connectivity index (χ3n) is 9.55. The van der Waals surface area contributed by atoms with Crippen molar-refractivity contribution in [3.63, 3.8) is 0 Å². The van der Waals surface area contributed by atoms with Crippen LogP contribution in [0.5, 0.6) is 0 Å². The van der Waals surface area contributed by atoms with Crippen molar-refractivity contribution >= 4 is 5.91 Å². The van der Waals surface area contributed by atoms with Crippen LogP contribution in [-0.4, -0.2) is 37.1 Å². The summed E-state index contributed by atoms with van der Waals surface area (Å²) in [4.78, 5) is 15.3. The average molecular weight is 372 g/mol. The molecule has 5 aliphatic rings. The smallest absolute Gasteiger partial charge is 0.249 e. The highest BCUT2D eigenvalue weighted by molar-refractivity contribution is 5.95. The van der Waals surface area contributed by atoms with Crippen molar-refractivity contribution in [2.75, 3.05) is 26.3 Å². The molecule has 4 aliphatic carbocycles. The fourth-order valence-corrected chi connectivity index (χ4v) is 8.07. The molecule has 0 aromatic heterocycles. The second-order valence-electron chi connectivity index (χ2n) is 10.4. The van der Waals surface area contributed by atoms with E-state index in [0.717, 1.165) is 43.2 Å². The van der Waals surface area contributed by atoms with Crippen molar-refractivity contribution in [2.24, 2.45) is 35.0 Å². The number of nitrogens with zero attached hydrogens (tertiary/aromatic N) is 1. The Bertz CT molecular complexity index is 634. The van der Waals surface area contributed by atoms with E-state index in [4.69, 9.17) is 4.74 Å². The molecule has 27 heavy (non-hydrogen) atoms. The van der Waals surface area contributed by atoms with Crippen LogP contribution in [0.1, 0.15) is 71.6 Å². The normalized spacial score (nSPS) is 44.5. The lowest BCUT2D eigenvalue weighted by Gasteiger charge is -2.58. The lowest BCUT2D eigenvalue weighted by atomic mass is 9.47. The topological polar surface area (TPSA) is 29.5 Å². The van der Waals surface area contributed by atoms with Crippen LogP contribution >= 0.6 is 0 Å². The van der Waals surface area contributed by atoms with Gasteiger partial charge in [-0.15, -0.1) is 0 Å². The van der Waals surface area contributed by atoms with Crippen molar-refractivity contribution in [1.29, 1.82) is 0 Å². The highest BCUT2D eigenvalue weighted by Gasteiger charge is 2.55. The molecule has 0 spiro atoms. The van der Waals surface area contributed by atoms with Gasteiger partial charge in [0.2, 0.25) is 5.91 Å². The molecular weight excluding hydrogens is 334 g/mol. The summed E-state index contributed by atoms with van der Waals surface area (Å²) in [5.74, 6) is 4.54. The van der Waals surface area contributed by atoms with Gasteiger partial charge >= 0.3 is 0 Å². The Balaban J connectivity index is 1.36. The number of carbonyl (C=O) groups is 1.